The number of hydrogen-bond acceptors (Lipinski definition) is 4. The summed E-state index contributed by atoms with van der Waals surface area (Å²) < 4.78 is 1.62. The summed E-state index contributed by atoms with van der Waals surface area (Å²) >= 11 is 0. The highest BCUT2D eigenvalue weighted by Crippen LogP contribution is 2.24. The smallest absolute Gasteiger partial charge is 0.407 e. The number of aromatic nitrogens is 3. The molecule has 0 fully saturated rings. The Morgan fingerprint density at radius 2 is 1.96 bits per heavy atom. The fourth-order valence-corrected chi connectivity index (χ4v) is 3.34. The molecule has 0 aliphatic carbocycles. The molecule has 0 bridgehead atoms. The fourth-order valence-electron chi connectivity index (χ4n) is 3.34. The number of nitrogens with zero attached hydrogens (tertiary/aromatic N) is 4. The summed E-state index contributed by atoms with van der Waals surface area (Å²) in [6, 6.07) is 7.49. The van der Waals surface area contributed by atoms with Crippen LogP contribution in [0.2, 0.25) is 0 Å². The van der Waals surface area contributed by atoms with Gasteiger partial charge in [-0.15, -0.1) is 0 Å². The first-order chi connectivity index (χ1) is 12.1. The van der Waals surface area contributed by atoms with Crippen molar-refractivity contribution >= 4 is 17.1 Å². The molecule has 0 radical (unpaired) electrons. The molecule has 3 aromatic heterocycles. The molecular weight excluding hydrogens is 320 g/mol. The van der Waals surface area contributed by atoms with Crippen molar-refractivity contribution in [1.82, 2.24) is 19.4 Å². The molecule has 0 spiro atoms. The maximum Gasteiger partial charge on any atom is 0.407 e. The first-order valence-corrected chi connectivity index (χ1v) is 8.01. The maximum atomic E-state index is 13.1. The Kier molecular flexibility index (Phi) is 3.68. The van der Waals surface area contributed by atoms with Crippen LogP contribution in [0.5, 0.6) is 0 Å². The van der Waals surface area contributed by atoms with Crippen LogP contribution >= 0.6 is 0 Å². The van der Waals surface area contributed by atoms with E-state index in [9.17, 15) is 14.7 Å². The molecule has 3 aromatic rings. The predicted molar refractivity (Wildman–Crippen MR) is 91.5 cm³/mol. The molecule has 0 unspecified atom stereocenters. The number of amides is 1. The van der Waals surface area contributed by atoms with E-state index in [1.165, 1.54) is 4.90 Å². The molecular formula is C18H16N4O3. The number of carboxylic acid groups (broad SMARTS) is 1. The molecule has 1 aliphatic rings. The van der Waals surface area contributed by atoms with E-state index < -0.39 is 6.09 Å². The van der Waals surface area contributed by atoms with E-state index >= 15 is 0 Å². The van der Waals surface area contributed by atoms with Gasteiger partial charge in [0, 0.05) is 36.1 Å². The van der Waals surface area contributed by atoms with E-state index in [1.807, 2.05) is 24.3 Å². The first-order valence-electron chi connectivity index (χ1n) is 8.01. The normalized spacial score (nSPS) is 13.7. The van der Waals surface area contributed by atoms with Crippen LogP contribution in [0.25, 0.3) is 11.0 Å². The maximum absolute atomic E-state index is 13.1. The van der Waals surface area contributed by atoms with Crippen molar-refractivity contribution in [3.8, 4) is 0 Å². The molecule has 25 heavy (non-hydrogen) atoms. The minimum absolute atomic E-state index is 0.116. The van der Waals surface area contributed by atoms with Crippen LogP contribution in [0.1, 0.15) is 16.7 Å². The number of carbonyl (C=O) groups is 1. The Hall–Kier alpha value is -3.22. The molecule has 7 nitrogen and oxygen atoms in total. The van der Waals surface area contributed by atoms with Gasteiger partial charge in [0.2, 0.25) is 0 Å². The van der Waals surface area contributed by atoms with Crippen molar-refractivity contribution in [1.29, 1.82) is 0 Å². The van der Waals surface area contributed by atoms with E-state index in [4.69, 9.17) is 0 Å². The van der Waals surface area contributed by atoms with Crippen LogP contribution in [0.15, 0.2) is 47.7 Å². The molecule has 0 saturated carbocycles. The SMILES string of the molecule is O=C(O)N1CCc2c(c(=O)n(Cc3ccncc3)c3ncccc23)C1. The summed E-state index contributed by atoms with van der Waals surface area (Å²) in [5.41, 5.74) is 2.85. The van der Waals surface area contributed by atoms with Gasteiger partial charge in [-0.2, -0.15) is 0 Å². The minimum Gasteiger partial charge on any atom is -0.465 e. The number of fused-ring (bicyclic) bond motifs is 3. The van der Waals surface area contributed by atoms with Crippen molar-refractivity contribution in [2.45, 2.75) is 19.5 Å². The second-order valence-corrected chi connectivity index (χ2v) is 6.03. The van der Waals surface area contributed by atoms with Crippen molar-refractivity contribution < 1.29 is 9.90 Å². The van der Waals surface area contributed by atoms with E-state index in [0.29, 0.717) is 30.7 Å². The van der Waals surface area contributed by atoms with Crippen LogP contribution < -0.4 is 5.56 Å². The lowest BCUT2D eigenvalue weighted by atomic mass is 9.97. The van der Waals surface area contributed by atoms with Gasteiger partial charge in [0.15, 0.2) is 0 Å². The van der Waals surface area contributed by atoms with E-state index in [2.05, 4.69) is 9.97 Å². The summed E-state index contributed by atoms with van der Waals surface area (Å²) in [7, 11) is 0. The van der Waals surface area contributed by atoms with Crippen LogP contribution in [0.4, 0.5) is 4.79 Å². The Morgan fingerprint density at radius 3 is 2.72 bits per heavy atom. The van der Waals surface area contributed by atoms with E-state index in [0.717, 1.165) is 16.5 Å². The zero-order valence-electron chi connectivity index (χ0n) is 13.4. The van der Waals surface area contributed by atoms with Gasteiger partial charge in [0.1, 0.15) is 5.65 Å². The zero-order chi connectivity index (χ0) is 17.4. The Bertz CT molecular complexity index is 1010. The molecule has 4 rings (SSSR count). The molecule has 1 N–H and O–H groups in total. The average Bonchev–Trinajstić information content (AvgIpc) is 2.65. The summed E-state index contributed by atoms with van der Waals surface area (Å²) in [6.07, 6.45) is 4.55. The van der Waals surface area contributed by atoms with E-state index in [-0.39, 0.29) is 12.1 Å². The third kappa shape index (κ3) is 2.63. The summed E-state index contributed by atoms with van der Waals surface area (Å²) in [6.45, 7) is 0.875. The van der Waals surface area contributed by atoms with Crippen LogP contribution in [0.3, 0.4) is 0 Å². The van der Waals surface area contributed by atoms with Crippen molar-refractivity contribution in [3.05, 3.63) is 69.9 Å². The fraction of sp³-hybridized carbons (Fsp3) is 0.222. The Morgan fingerprint density at radius 1 is 1.16 bits per heavy atom. The first kappa shape index (κ1) is 15.3. The highest BCUT2D eigenvalue weighted by molar-refractivity contribution is 5.81. The summed E-state index contributed by atoms with van der Waals surface area (Å²) in [5, 5.41) is 10.2. The lowest BCUT2D eigenvalue weighted by molar-refractivity contribution is 0.139. The molecule has 126 valence electrons. The van der Waals surface area contributed by atoms with Crippen molar-refractivity contribution in [2.24, 2.45) is 0 Å². The monoisotopic (exact) mass is 336 g/mol. The Balaban J connectivity index is 1.92. The van der Waals surface area contributed by atoms with Gasteiger partial charge >= 0.3 is 6.09 Å². The number of pyridine rings is 3. The highest BCUT2D eigenvalue weighted by Gasteiger charge is 2.26. The minimum atomic E-state index is -1.00. The summed E-state index contributed by atoms with van der Waals surface area (Å²) in [5.74, 6) is 0. The molecule has 0 saturated heterocycles. The van der Waals surface area contributed by atoms with Gasteiger partial charge in [0.05, 0.1) is 13.1 Å². The molecule has 4 heterocycles. The highest BCUT2D eigenvalue weighted by atomic mass is 16.4. The third-order valence-electron chi connectivity index (χ3n) is 4.58. The number of hydrogen-bond donors (Lipinski definition) is 1. The molecule has 0 aromatic carbocycles. The van der Waals surface area contributed by atoms with Crippen LogP contribution in [0, 0.1) is 0 Å². The Labute approximate surface area is 143 Å². The van der Waals surface area contributed by atoms with Gasteiger partial charge in [0.25, 0.3) is 5.56 Å². The molecule has 1 aliphatic heterocycles. The molecule has 7 heteroatoms. The van der Waals surface area contributed by atoms with Crippen LogP contribution in [-0.4, -0.2) is 37.2 Å². The van der Waals surface area contributed by atoms with E-state index in [1.54, 1.807) is 23.2 Å². The lowest BCUT2D eigenvalue weighted by Gasteiger charge is -2.27. The van der Waals surface area contributed by atoms with Gasteiger partial charge in [-0.25, -0.2) is 9.78 Å². The number of rotatable bonds is 2. The second kappa shape index (κ2) is 6.01. The summed E-state index contributed by atoms with van der Waals surface area (Å²) in [4.78, 5) is 34.1. The van der Waals surface area contributed by atoms with Gasteiger partial charge in [-0.05, 0) is 41.8 Å². The van der Waals surface area contributed by atoms with Gasteiger partial charge in [-0.1, -0.05) is 0 Å². The van der Waals surface area contributed by atoms with Crippen molar-refractivity contribution in [3.63, 3.8) is 0 Å². The largest absolute Gasteiger partial charge is 0.465 e. The predicted octanol–water partition coefficient (Wildman–Crippen LogP) is 1.88. The standard InChI is InChI=1S/C18H16N4O3/c23-17-15-11-21(18(24)25)9-5-13(15)14-2-1-6-20-16(14)22(17)10-12-3-7-19-8-4-12/h1-4,6-8H,5,9-11H2,(H,24,25). The lowest BCUT2D eigenvalue weighted by Crippen LogP contribution is -2.40. The molecule has 1 amide bonds. The third-order valence-corrected chi connectivity index (χ3v) is 4.58. The zero-order valence-corrected chi connectivity index (χ0v) is 13.4. The van der Waals surface area contributed by atoms with Crippen LogP contribution in [-0.2, 0) is 19.5 Å². The topological polar surface area (TPSA) is 88.3 Å². The van der Waals surface area contributed by atoms with Gasteiger partial charge < -0.3 is 10.0 Å². The van der Waals surface area contributed by atoms with Crippen molar-refractivity contribution in [2.75, 3.05) is 6.54 Å². The average molecular weight is 336 g/mol. The molecule has 0 atom stereocenters. The second-order valence-electron chi connectivity index (χ2n) is 6.03. The quantitative estimate of drug-likeness (QED) is 0.772. The van der Waals surface area contributed by atoms with Gasteiger partial charge in [-0.3, -0.25) is 14.3 Å².